The molecule has 0 aliphatic carbocycles. The van der Waals surface area contributed by atoms with Gasteiger partial charge in [-0.1, -0.05) is 196 Å². The summed E-state index contributed by atoms with van der Waals surface area (Å²) in [5, 5.41) is 0. The highest BCUT2D eigenvalue weighted by molar-refractivity contribution is 8.76. The predicted octanol–water partition coefficient (Wildman–Crippen LogP) is 11.6. The second-order valence-electron chi connectivity index (χ2n) is 14.7. The van der Waals surface area contributed by atoms with E-state index in [1.807, 2.05) is 91.7 Å². The highest BCUT2D eigenvalue weighted by Crippen LogP contribution is 2.32. The number of carbonyl (C=O) groups excluding carboxylic acids is 2. The zero-order chi connectivity index (χ0) is 42.7. The molecule has 4 aromatic rings. The number of carbonyl (C=O) groups is 2. The first-order valence-electron chi connectivity index (χ1n) is 21.2. The molecule has 0 heterocycles. The first-order chi connectivity index (χ1) is 29.1. The van der Waals surface area contributed by atoms with Crippen LogP contribution in [0.15, 0.2) is 109 Å². The smallest absolute Gasteiger partial charge is 0.366 e. The highest BCUT2D eigenvalue weighted by Gasteiger charge is 2.20. The molecular formula is C46H60N2O8S4. The molecule has 0 fully saturated rings. The van der Waals surface area contributed by atoms with Gasteiger partial charge in [-0.25, -0.2) is 9.44 Å². The summed E-state index contributed by atoms with van der Waals surface area (Å²) in [5.41, 5.74) is 2.90. The summed E-state index contributed by atoms with van der Waals surface area (Å²) in [6.07, 6.45) is 17.3. The lowest BCUT2D eigenvalue weighted by Crippen LogP contribution is -2.33. The van der Waals surface area contributed by atoms with Crippen LogP contribution in [-0.4, -0.2) is 40.2 Å². The average molecular weight is 897 g/mol. The number of hydrogen-bond donors (Lipinski definition) is 2. The number of rotatable bonds is 31. The Bertz CT molecular complexity index is 1920. The molecule has 10 nitrogen and oxygen atoms in total. The van der Waals surface area contributed by atoms with Crippen LogP contribution in [-0.2, 0) is 30.2 Å². The van der Waals surface area contributed by atoms with Gasteiger partial charge in [-0.15, -0.1) is 0 Å². The monoisotopic (exact) mass is 896 g/mol. The second kappa shape index (κ2) is 27.8. The minimum Gasteiger partial charge on any atom is -0.366 e. The van der Waals surface area contributed by atoms with Gasteiger partial charge in [-0.3, -0.25) is 9.59 Å². The van der Waals surface area contributed by atoms with Gasteiger partial charge in [0, 0.05) is 35.5 Å². The van der Waals surface area contributed by atoms with Gasteiger partial charge in [0.15, 0.2) is 11.5 Å². The third kappa shape index (κ3) is 20.1. The van der Waals surface area contributed by atoms with Gasteiger partial charge >= 0.3 is 20.6 Å². The summed E-state index contributed by atoms with van der Waals surface area (Å²) in [6, 6.07) is 32.4. The van der Waals surface area contributed by atoms with E-state index in [2.05, 4.69) is 0 Å². The van der Waals surface area contributed by atoms with Crippen molar-refractivity contribution >= 4 is 54.0 Å². The van der Waals surface area contributed by atoms with Gasteiger partial charge in [0.25, 0.3) is 0 Å². The molecule has 60 heavy (non-hydrogen) atoms. The van der Waals surface area contributed by atoms with Gasteiger partial charge in [-0.05, 0) is 48.9 Å². The van der Waals surface area contributed by atoms with Crippen molar-refractivity contribution in [2.75, 3.05) is 11.5 Å². The van der Waals surface area contributed by atoms with E-state index in [0.717, 1.165) is 49.7 Å². The number of amides is 2. The van der Waals surface area contributed by atoms with Crippen LogP contribution in [0, 0.1) is 0 Å². The molecule has 4 aromatic carbocycles. The minimum atomic E-state index is -4.28. The van der Waals surface area contributed by atoms with Gasteiger partial charge < -0.3 is 8.37 Å². The lowest BCUT2D eigenvalue weighted by atomic mass is 10.1. The lowest BCUT2D eigenvalue weighted by Gasteiger charge is -2.12. The highest BCUT2D eigenvalue weighted by atomic mass is 33.1. The van der Waals surface area contributed by atoms with Crippen molar-refractivity contribution in [2.45, 2.75) is 116 Å². The molecule has 326 valence electrons. The van der Waals surface area contributed by atoms with Crippen molar-refractivity contribution < 1.29 is 34.8 Å². The maximum absolute atomic E-state index is 12.5. The standard InChI is InChI=1S/C46H60N2O8S4/c49-45(47-59(51,52)55-43-33-23-21-31-41(43)39-27-15-13-16-28-39)35-19-9-5-1-3-7-11-25-37-57-58-38-26-12-8-4-2-6-10-20-36-46(50)48-60(53,54)56-44-34-24-22-32-42(44)40-29-17-14-18-30-40/h13-18,21-24,27-34H,1-12,19-20,25-26,35-38H2,(H,47,49)(H,48,50). The van der Waals surface area contributed by atoms with Crippen LogP contribution in [0.1, 0.15) is 116 Å². The van der Waals surface area contributed by atoms with Gasteiger partial charge in [0.2, 0.25) is 11.8 Å². The summed E-state index contributed by atoms with van der Waals surface area (Å²) >= 11 is 0. The molecule has 4 rings (SSSR count). The lowest BCUT2D eigenvalue weighted by molar-refractivity contribution is -0.120. The molecule has 0 atom stereocenters. The summed E-state index contributed by atoms with van der Waals surface area (Å²) in [5.74, 6) is 1.57. The number of nitrogens with one attached hydrogen (secondary N) is 2. The first-order valence-corrected chi connectivity index (χ1v) is 26.5. The van der Waals surface area contributed by atoms with Crippen molar-refractivity contribution in [3.05, 3.63) is 109 Å². The molecule has 0 radical (unpaired) electrons. The Balaban J connectivity index is 0.883. The van der Waals surface area contributed by atoms with Crippen LogP contribution < -0.4 is 17.8 Å². The van der Waals surface area contributed by atoms with Crippen molar-refractivity contribution in [1.29, 1.82) is 0 Å². The fourth-order valence-electron chi connectivity index (χ4n) is 6.58. The quantitative estimate of drug-likeness (QED) is 0.0370. The molecule has 0 aromatic heterocycles. The number of para-hydroxylation sites is 2. The Hall–Kier alpha value is -3.98. The number of hydrogen-bond acceptors (Lipinski definition) is 10. The Kier molecular flexibility index (Phi) is 22.5. The van der Waals surface area contributed by atoms with Gasteiger partial charge in [0.1, 0.15) is 0 Å². The van der Waals surface area contributed by atoms with E-state index in [1.165, 1.54) is 62.9 Å². The second-order valence-corrected chi connectivity index (χ2v) is 19.9. The molecule has 0 unspecified atom stereocenters. The van der Waals surface area contributed by atoms with Crippen LogP contribution in [0.4, 0.5) is 0 Å². The van der Waals surface area contributed by atoms with Crippen LogP contribution >= 0.6 is 21.6 Å². The molecule has 0 saturated heterocycles. The van der Waals surface area contributed by atoms with Gasteiger partial charge in [0.05, 0.1) is 0 Å². The Morgan fingerprint density at radius 3 is 1.07 bits per heavy atom. The predicted molar refractivity (Wildman–Crippen MR) is 247 cm³/mol. The van der Waals surface area contributed by atoms with E-state index < -0.39 is 32.4 Å². The van der Waals surface area contributed by atoms with Gasteiger partial charge in [-0.2, -0.15) is 16.8 Å². The summed E-state index contributed by atoms with van der Waals surface area (Å²) in [6.45, 7) is 0. The van der Waals surface area contributed by atoms with Crippen LogP contribution in [0.2, 0.25) is 0 Å². The molecule has 0 spiro atoms. The molecule has 0 saturated carbocycles. The van der Waals surface area contributed by atoms with Crippen LogP contribution in [0.5, 0.6) is 11.5 Å². The zero-order valence-corrected chi connectivity index (χ0v) is 37.7. The summed E-state index contributed by atoms with van der Waals surface area (Å²) < 4.78 is 64.7. The molecule has 2 amide bonds. The van der Waals surface area contributed by atoms with Crippen molar-refractivity contribution in [1.82, 2.24) is 9.44 Å². The van der Waals surface area contributed by atoms with Crippen molar-refractivity contribution in [3.8, 4) is 33.8 Å². The number of benzene rings is 4. The minimum absolute atomic E-state index is 0.143. The maximum Gasteiger partial charge on any atom is 0.409 e. The molecule has 2 N–H and O–H groups in total. The average Bonchev–Trinajstić information content (AvgIpc) is 3.23. The zero-order valence-electron chi connectivity index (χ0n) is 34.4. The van der Waals surface area contributed by atoms with E-state index in [1.54, 1.807) is 48.5 Å². The van der Waals surface area contributed by atoms with Crippen LogP contribution in [0.3, 0.4) is 0 Å². The van der Waals surface area contributed by atoms with E-state index >= 15 is 0 Å². The SMILES string of the molecule is O=C(CCCCCCCCCCSSCCCCCCCCCCC(=O)NS(=O)(=O)Oc1ccccc1-c1ccccc1)NS(=O)(=O)Oc1ccccc1-c1ccccc1. The normalized spacial score (nSPS) is 11.5. The third-order valence-corrected chi connectivity index (χ3v) is 14.0. The summed E-state index contributed by atoms with van der Waals surface area (Å²) in [7, 11) is -4.63. The van der Waals surface area contributed by atoms with E-state index in [4.69, 9.17) is 8.37 Å². The fourth-order valence-corrected chi connectivity index (χ4v) is 10.5. The van der Waals surface area contributed by atoms with Crippen molar-refractivity contribution in [2.24, 2.45) is 0 Å². The topological polar surface area (TPSA) is 145 Å². The Morgan fingerprint density at radius 2 is 0.700 bits per heavy atom. The molecule has 0 aliphatic rings. The molecule has 0 aliphatic heterocycles. The molecular weight excluding hydrogens is 837 g/mol. The van der Waals surface area contributed by atoms with Crippen LogP contribution in [0.25, 0.3) is 22.3 Å². The Labute approximate surface area is 366 Å². The summed E-state index contributed by atoms with van der Waals surface area (Å²) in [4.78, 5) is 24.6. The number of unbranched alkanes of at least 4 members (excludes halogenated alkanes) is 14. The Morgan fingerprint density at radius 1 is 0.400 bits per heavy atom. The largest absolute Gasteiger partial charge is 0.409 e. The van der Waals surface area contributed by atoms with E-state index in [0.29, 0.717) is 24.0 Å². The molecule has 14 heteroatoms. The van der Waals surface area contributed by atoms with E-state index in [9.17, 15) is 26.4 Å². The van der Waals surface area contributed by atoms with E-state index in [-0.39, 0.29) is 24.3 Å². The fraction of sp³-hybridized carbons (Fsp3) is 0.435. The third-order valence-electron chi connectivity index (χ3n) is 9.67. The first kappa shape index (κ1) is 48.7. The molecule has 0 bridgehead atoms. The van der Waals surface area contributed by atoms with Crippen molar-refractivity contribution in [3.63, 3.8) is 0 Å². The maximum atomic E-state index is 12.5.